The fraction of sp³-hybridized carbons (Fsp3) is 0.308. The van der Waals surface area contributed by atoms with E-state index in [0.717, 1.165) is 0 Å². The van der Waals surface area contributed by atoms with Crippen molar-refractivity contribution < 1.29 is 28.2 Å². The van der Waals surface area contributed by atoms with Gasteiger partial charge in [-0.1, -0.05) is 26.0 Å². The first-order valence-electron chi connectivity index (χ1n) is 12.0. The van der Waals surface area contributed by atoms with Gasteiger partial charge in [-0.15, -0.1) is 0 Å². The molecule has 0 spiro atoms. The normalized spacial score (nSPS) is 13.2. The standard InChI is InChI=1S/C26H28FN5O5S/c1-14(2)9-10-30-25(34)22(15-3-5-16(27)6-4-15)32(17-7-8-18-19(13-17)37-12-11-36-18)26(35)23-20(28)21(24(29)33)31-38-23/h3-8,13-14,22H,9-12,28H2,1-2H3,(H2,29,33)(H,30,34)/t22-/m0/s1. The number of amides is 3. The van der Waals surface area contributed by atoms with Crippen LogP contribution in [0, 0.1) is 11.7 Å². The number of hydrogen-bond donors (Lipinski definition) is 3. The smallest absolute Gasteiger partial charge is 0.273 e. The van der Waals surface area contributed by atoms with Gasteiger partial charge in [0, 0.05) is 18.3 Å². The number of benzene rings is 2. The molecule has 5 N–H and O–H groups in total. The van der Waals surface area contributed by atoms with E-state index in [1.165, 1.54) is 29.2 Å². The van der Waals surface area contributed by atoms with Crippen molar-refractivity contribution >= 4 is 40.6 Å². The summed E-state index contributed by atoms with van der Waals surface area (Å²) >= 11 is 0.698. The number of nitrogens with two attached hydrogens (primary N) is 2. The van der Waals surface area contributed by atoms with E-state index in [1.807, 2.05) is 13.8 Å². The molecule has 10 nitrogen and oxygen atoms in total. The third kappa shape index (κ3) is 5.70. The number of carbonyl (C=O) groups excluding carboxylic acids is 3. The van der Waals surface area contributed by atoms with E-state index in [1.54, 1.807) is 18.2 Å². The molecule has 1 aliphatic rings. The molecule has 3 aromatic rings. The fourth-order valence-corrected chi connectivity index (χ4v) is 4.69. The third-order valence-corrected chi connectivity index (χ3v) is 6.74. The van der Waals surface area contributed by atoms with Gasteiger partial charge in [0.15, 0.2) is 17.2 Å². The van der Waals surface area contributed by atoms with Gasteiger partial charge in [-0.25, -0.2) is 4.39 Å². The highest BCUT2D eigenvalue weighted by atomic mass is 32.1. The quantitative estimate of drug-likeness (QED) is 0.376. The molecule has 1 aliphatic heterocycles. The summed E-state index contributed by atoms with van der Waals surface area (Å²) < 4.78 is 29.1. The van der Waals surface area contributed by atoms with E-state index in [0.29, 0.717) is 66.4 Å². The minimum absolute atomic E-state index is 0.0734. The van der Waals surface area contributed by atoms with Crippen LogP contribution in [0.4, 0.5) is 15.8 Å². The molecule has 1 aromatic heterocycles. The van der Waals surface area contributed by atoms with Crippen molar-refractivity contribution in [3.63, 3.8) is 0 Å². The Balaban J connectivity index is 1.85. The molecule has 4 rings (SSSR count). The number of nitrogens with zero attached hydrogens (tertiary/aromatic N) is 2. The van der Waals surface area contributed by atoms with Crippen molar-refractivity contribution in [3.8, 4) is 11.5 Å². The SMILES string of the molecule is CC(C)CCNC(=O)[C@H](c1ccc(F)cc1)N(C(=O)c1snc(C(N)=O)c1N)c1ccc2c(c1)OCCO2. The molecule has 0 fully saturated rings. The maximum atomic E-state index is 14.1. The molecule has 0 saturated heterocycles. The molecule has 3 amide bonds. The number of aromatic nitrogens is 1. The number of primary amides is 1. The number of fused-ring (bicyclic) bond motifs is 1. The molecule has 0 saturated carbocycles. The van der Waals surface area contributed by atoms with E-state index >= 15 is 0 Å². The topological polar surface area (TPSA) is 150 Å². The van der Waals surface area contributed by atoms with Crippen molar-refractivity contribution in [2.24, 2.45) is 11.7 Å². The Morgan fingerprint density at radius 2 is 1.79 bits per heavy atom. The zero-order chi connectivity index (χ0) is 27.4. The monoisotopic (exact) mass is 541 g/mol. The highest BCUT2D eigenvalue weighted by Gasteiger charge is 2.36. The molecule has 38 heavy (non-hydrogen) atoms. The van der Waals surface area contributed by atoms with Crippen molar-refractivity contribution in [2.45, 2.75) is 26.3 Å². The first-order chi connectivity index (χ1) is 18.2. The predicted octanol–water partition coefficient (Wildman–Crippen LogP) is 3.28. The summed E-state index contributed by atoms with van der Waals surface area (Å²) in [5, 5.41) is 2.88. The molecule has 0 aliphatic carbocycles. The highest BCUT2D eigenvalue weighted by Crippen LogP contribution is 2.39. The van der Waals surface area contributed by atoms with Crippen molar-refractivity contribution in [3.05, 3.63) is 64.4 Å². The summed E-state index contributed by atoms with van der Waals surface area (Å²) in [6, 6.07) is 8.89. The molecule has 12 heteroatoms. The number of carbonyl (C=O) groups is 3. The number of nitrogen functional groups attached to an aromatic ring is 1. The van der Waals surface area contributed by atoms with Crippen LogP contribution >= 0.6 is 11.5 Å². The molecule has 0 radical (unpaired) electrons. The lowest BCUT2D eigenvalue weighted by Gasteiger charge is -2.32. The second-order valence-electron chi connectivity index (χ2n) is 9.07. The number of halogens is 1. The predicted molar refractivity (Wildman–Crippen MR) is 141 cm³/mol. The Hall–Kier alpha value is -4.19. The highest BCUT2D eigenvalue weighted by molar-refractivity contribution is 7.09. The summed E-state index contributed by atoms with van der Waals surface area (Å²) in [5.41, 5.74) is 11.7. The van der Waals surface area contributed by atoms with Gasteiger partial charge in [0.1, 0.15) is 29.9 Å². The Morgan fingerprint density at radius 3 is 2.42 bits per heavy atom. The van der Waals surface area contributed by atoms with E-state index in [-0.39, 0.29) is 16.3 Å². The maximum absolute atomic E-state index is 14.1. The van der Waals surface area contributed by atoms with Crippen LogP contribution in [0.3, 0.4) is 0 Å². The van der Waals surface area contributed by atoms with Crippen LogP contribution in [0.25, 0.3) is 0 Å². The van der Waals surface area contributed by atoms with Crippen LogP contribution in [0.2, 0.25) is 0 Å². The number of rotatable bonds is 9. The second kappa shape index (κ2) is 11.5. The van der Waals surface area contributed by atoms with Crippen LogP contribution in [0.15, 0.2) is 42.5 Å². The lowest BCUT2D eigenvalue weighted by Crippen LogP contribution is -2.44. The van der Waals surface area contributed by atoms with Gasteiger partial charge in [-0.2, -0.15) is 4.37 Å². The van der Waals surface area contributed by atoms with E-state index in [2.05, 4.69) is 9.69 Å². The molecule has 200 valence electrons. The van der Waals surface area contributed by atoms with Gasteiger partial charge in [0.25, 0.3) is 11.8 Å². The van der Waals surface area contributed by atoms with E-state index in [4.69, 9.17) is 20.9 Å². The van der Waals surface area contributed by atoms with Crippen molar-refractivity contribution in [2.75, 3.05) is 30.4 Å². The Labute approximate surface area is 222 Å². The first-order valence-corrected chi connectivity index (χ1v) is 12.8. The Morgan fingerprint density at radius 1 is 1.11 bits per heavy atom. The minimum atomic E-state index is -1.23. The molecule has 0 unspecified atom stereocenters. The molecule has 1 atom stereocenters. The zero-order valence-electron chi connectivity index (χ0n) is 20.9. The number of hydrogen-bond acceptors (Lipinski definition) is 8. The van der Waals surface area contributed by atoms with Crippen LogP contribution < -0.4 is 31.2 Å². The summed E-state index contributed by atoms with van der Waals surface area (Å²) in [4.78, 5) is 40.7. The number of ether oxygens (including phenoxy) is 2. The molecule has 2 aromatic carbocycles. The lowest BCUT2D eigenvalue weighted by molar-refractivity contribution is -0.122. The van der Waals surface area contributed by atoms with Crippen molar-refractivity contribution in [1.29, 1.82) is 0 Å². The maximum Gasteiger partial charge on any atom is 0.273 e. The lowest BCUT2D eigenvalue weighted by atomic mass is 10.0. The summed E-state index contributed by atoms with van der Waals surface area (Å²) in [6.07, 6.45) is 0.712. The van der Waals surface area contributed by atoms with Gasteiger partial charge in [0.05, 0.1) is 5.69 Å². The zero-order valence-corrected chi connectivity index (χ0v) is 21.7. The first kappa shape index (κ1) is 26.9. The Bertz CT molecular complexity index is 1340. The summed E-state index contributed by atoms with van der Waals surface area (Å²) in [6.45, 7) is 5.10. The molecular weight excluding hydrogens is 513 g/mol. The van der Waals surface area contributed by atoms with Crippen LogP contribution in [-0.2, 0) is 4.79 Å². The second-order valence-corrected chi connectivity index (χ2v) is 9.84. The Kier molecular flexibility index (Phi) is 8.10. The minimum Gasteiger partial charge on any atom is -0.486 e. The van der Waals surface area contributed by atoms with E-state index in [9.17, 15) is 18.8 Å². The summed E-state index contributed by atoms with van der Waals surface area (Å²) in [5.74, 6) is -1.36. The summed E-state index contributed by atoms with van der Waals surface area (Å²) in [7, 11) is 0. The molecule has 2 heterocycles. The van der Waals surface area contributed by atoms with Crippen LogP contribution in [0.5, 0.6) is 11.5 Å². The van der Waals surface area contributed by atoms with Crippen LogP contribution in [0.1, 0.15) is 52.0 Å². The molecular formula is C26H28FN5O5S. The average Bonchev–Trinajstić information content (AvgIpc) is 3.28. The van der Waals surface area contributed by atoms with Gasteiger partial charge >= 0.3 is 0 Å². The van der Waals surface area contributed by atoms with Gasteiger partial charge < -0.3 is 26.3 Å². The van der Waals surface area contributed by atoms with Gasteiger partial charge in [-0.05, 0) is 53.7 Å². The van der Waals surface area contributed by atoms with Crippen molar-refractivity contribution in [1.82, 2.24) is 9.69 Å². The van der Waals surface area contributed by atoms with Crippen LogP contribution in [-0.4, -0.2) is 41.9 Å². The fourth-order valence-electron chi connectivity index (χ4n) is 3.95. The van der Waals surface area contributed by atoms with E-state index < -0.39 is 29.6 Å². The third-order valence-electron chi connectivity index (χ3n) is 5.89. The molecule has 0 bridgehead atoms. The van der Waals surface area contributed by atoms with Gasteiger partial charge in [0.2, 0.25) is 5.91 Å². The average molecular weight is 542 g/mol. The number of nitrogens with one attached hydrogen (secondary N) is 1. The number of anilines is 2. The van der Waals surface area contributed by atoms with Gasteiger partial charge in [-0.3, -0.25) is 19.3 Å². The largest absolute Gasteiger partial charge is 0.486 e.